The SMILES string of the molecule is COC1CCCC(C)OC(=O)c2c(O)cc(O)cc2CC(=O)C1. The Morgan fingerprint density at radius 2 is 1.96 bits per heavy atom. The highest BCUT2D eigenvalue weighted by Gasteiger charge is 2.25. The van der Waals surface area contributed by atoms with Crippen LogP contribution >= 0.6 is 0 Å². The molecule has 0 amide bonds. The minimum atomic E-state index is -0.679. The van der Waals surface area contributed by atoms with E-state index < -0.39 is 5.97 Å². The van der Waals surface area contributed by atoms with E-state index in [0.717, 1.165) is 12.5 Å². The number of methoxy groups -OCH3 is 1. The zero-order valence-electron chi connectivity index (χ0n) is 13.4. The molecule has 1 aliphatic rings. The number of esters is 1. The van der Waals surface area contributed by atoms with Gasteiger partial charge in [0.2, 0.25) is 0 Å². The minimum Gasteiger partial charge on any atom is -0.508 e. The van der Waals surface area contributed by atoms with Gasteiger partial charge in [0, 0.05) is 26.0 Å². The van der Waals surface area contributed by atoms with Crippen LogP contribution in [0.3, 0.4) is 0 Å². The van der Waals surface area contributed by atoms with Gasteiger partial charge in [-0.05, 0) is 37.8 Å². The number of ether oxygens (including phenoxy) is 2. The number of aromatic hydroxyl groups is 2. The van der Waals surface area contributed by atoms with Crippen LogP contribution in [0.4, 0.5) is 0 Å². The maximum Gasteiger partial charge on any atom is 0.342 e. The summed E-state index contributed by atoms with van der Waals surface area (Å²) in [4.78, 5) is 24.5. The average Bonchev–Trinajstić information content (AvgIpc) is 2.44. The van der Waals surface area contributed by atoms with E-state index in [0.29, 0.717) is 12.8 Å². The summed E-state index contributed by atoms with van der Waals surface area (Å²) < 4.78 is 10.7. The number of carbonyl (C=O) groups is 2. The predicted molar refractivity (Wildman–Crippen MR) is 82.6 cm³/mol. The van der Waals surface area contributed by atoms with E-state index in [1.165, 1.54) is 6.07 Å². The van der Waals surface area contributed by atoms with E-state index in [-0.39, 0.29) is 53.5 Å². The largest absolute Gasteiger partial charge is 0.508 e. The van der Waals surface area contributed by atoms with E-state index in [1.807, 2.05) is 0 Å². The van der Waals surface area contributed by atoms with Crippen LogP contribution in [0.2, 0.25) is 0 Å². The smallest absolute Gasteiger partial charge is 0.342 e. The molecule has 0 aromatic heterocycles. The summed E-state index contributed by atoms with van der Waals surface area (Å²) in [6, 6.07) is 2.38. The summed E-state index contributed by atoms with van der Waals surface area (Å²) in [6.45, 7) is 1.79. The number of phenolic OH excluding ortho intramolecular Hbond substituents is 2. The van der Waals surface area contributed by atoms with Gasteiger partial charge in [-0.25, -0.2) is 4.79 Å². The zero-order valence-corrected chi connectivity index (χ0v) is 13.4. The van der Waals surface area contributed by atoms with E-state index in [4.69, 9.17) is 9.47 Å². The van der Waals surface area contributed by atoms with Gasteiger partial charge in [-0.3, -0.25) is 4.79 Å². The van der Waals surface area contributed by atoms with Crippen LogP contribution in [-0.2, 0) is 20.7 Å². The molecular weight excluding hydrogens is 300 g/mol. The first-order valence-corrected chi connectivity index (χ1v) is 7.71. The van der Waals surface area contributed by atoms with Crippen molar-refractivity contribution in [2.45, 2.75) is 51.2 Å². The third kappa shape index (κ3) is 4.45. The fourth-order valence-corrected chi connectivity index (χ4v) is 2.82. The van der Waals surface area contributed by atoms with Crippen LogP contribution < -0.4 is 0 Å². The molecular formula is C17H22O6. The number of hydrogen-bond donors (Lipinski definition) is 2. The van der Waals surface area contributed by atoms with Crippen molar-refractivity contribution in [1.29, 1.82) is 0 Å². The van der Waals surface area contributed by atoms with Gasteiger partial charge in [0.1, 0.15) is 22.8 Å². The van der Waals surface area contributed by atoms with Crippen molar-refractivity contribution in [3.63, 3.8) is 0 Å². The summed E-state index contributed by atoms with van der Waals surface area (Å²) >= 11 is 0. The summed E-state index contributed by atoms with van der Waals surface area (Å²) in [5.41, 5.74) is 0.206. The van der Waals surface area contributed by atoms with E-state index >= 15 is 0 Å². The Morgan fingerprint density at radius 1 is 1.22 bits per heavy atom. The van der Waals surface area contributed by atoms with Crippen LogP contribution in [-0.4, -0.2) is 41.3 Å². The van der Waals surface area contributed by atoms with E-state index in [9.17, 15) is 19.8 Å². The van der Waals surface area contributed by atoms with Crippen LogP contribution in [0.15, 0.2) is 12.1 Å². The number of rotatable bonds is 1. The van der Waals surface area contributed by atoms with Crippen molar-refractivity contribution >= 4 is 11.8 Å². The minimum absolute atomic E-state index is 0.0578. The third-order valence-electron chi connectivity index (χ3n) is 4.01. The van der Waals surface area contributed by atoms with Gasteiger partial charge in [0.05, 0.1) is 12.2 Å². The number of Topliss-reactive ketones (excluding diaryl/α,β-unsaturated/α-hetero) is 1. The highest BCUT2D eigenvalue weighted by Crippen LogP contribution is 2.30. The maximum atomic E-state index is 12.3. The Hall–Kier alpha value is -2.08. The number of ketones is 1. The molecule has 0 saturated carbocycles. The monoisotopic (exact) mass is 322 g/mol. The molecule has 23 heavy (non-hydrogen) atoms. The number of fused-ring (bicyclic) bond motifs is 1. The highest BCUT2D eigenvalue weighted by molar-refractivity contribution is 5.96. The summed E-state index contributed by atoms with van der Waals surface area (Å²) in [5, 5.41) is 19.6. The number of carbonyl (C=O) groups excluding carboxylic acids is 2. The van der Waals surface area contributed by atoms with Crippen LogP contribution in [0.5, 0.6) is 11.5 Å². The summed E-state index contributed by atoms with van der Waals surface area (Å²) in [7, 11) is 1.57. The van der Waals surface area contributed by atoms with Crippen LogP contribution in [0.25, 0.3) is 0 Å². The standard InChI is InChI=1S/C17H22O6/c1-10-4-3-5-14(22-2)8-12(18)6-11-7-13(19)9-15(20)16(11)17(21)23-10/h7,9-10,14,19-20H,3-6,8H2,1-2H3. The van der Waals surface area contributed by atoms with Gasteiger partial charge in [-0.2, -0.15) is 0 Å². The van der Waals surface area contributed by atoms with Gasteiger partial charge in [-0.15, -0.1) is 0 Å². The number of benzene rings is 1. The molecule has 1 aliphatic heterocycles. The van der Waals surface area contributed by atoms with Gasteiger partial charge in [-0.1, -0.05) is 0 Å². The van der Waals surface area contributed by atoms with Crippen molar-refractivity contribution in [3.05, 3.63) is 23.3 Å². The molecule has 0 bridgehead atoms. The number of cyclic esters (lactones) is 1. The van der Waals surface area contributed by atoms with Crippen molar-refractivity contribution in [2.24, 2.45) is 0 Å². The van der Waals surface area contributed by atoms with Gasteiger partial charge in [0.25, 0.3) is 0 Å². The molecule has 6 heteroatoms. The molecule has 6 nitrogen and oxygen atoms in total. The molecule has 0 spiro atoms. The number of hydrogen-bond acceptors (Lipinski definition) is 6. The van der Waals surface area contributed by atoms with Gasteiger partial charge in [0.15, 0.2) is 0 Å². The molecule has 2 N–H and O–H groups in total. The maximum absolute atomic E-state index is 12.3. The first kappa shape index (κ1) is 17.3. The Kier molecular flexibility index (Phi) is 5.60. The molecule has 0 fully saturated rings. The number of phenols is 2. The molecule has 2 rings (SSSR count). The second-order valence-electron chi connectivity index (χ2n) is 5.92. The molecule has 2 unspecified atom stereocenters. The van der Waals surface area contributed by atoms with Crippen molar-refractivity contribution < 1.29 is 29.3 Å². The Morgan fingerprint density at radius 3 is 2.65 bits per heavy atom. The molecule has 0 saturated heterocycles. The first-order valence-electron chi connectivity index (χ1n) is 7.71. The molecule has 1 aromatic carbocycles. The summed E-state index contributed by atoms with van der Waals surface area (Å²) in [6.07, 6.45) is 1.80. The molecule has 0 radical (unpaired) electrons. The molecule has 0 aliphatic carbocycles. The van der Waals surface area contributed by atoms with E-state index in [2.05, 4.69) is 0 Å². The fourth-order valence-electron chi connectivity index (χ4n) is 2.82. The lowest BCUT2D eigenvalue weighted by molar-refractivity contribution is -0.120. The third-order valence-corrected chi connectivity index (χ3v) is 4.01. The van der Waals surface area contributed by atoms with Gasteiger partial charge < -0.3 is 19.7 Å². The van der Waals surface area contributed by atoms with E-state index in [1.54, 1.807) is 14.0 Å². The van der Waals surface area contributed by atoms with Crippen LogP contribution in [0, 0.1) is 0 Å². The molecule has 126 valence electrons. The Balaban J connectivity index is 2.38. The summed E-state index contributed by atoms with van der Waals surface area (Å²) in [5.74, 6) is -1.39. The average molecular weight is 322 g/mol. The second-order valence-corrected chi connectivity index (χ2v) is 5.92. The quantitative estimate of drug-likeness (QED) is 0.771. The van der Waals surface area contributed by atoms with Gasteiger partial charge >= 0.3 is 5.97 Å². The lowest BCUT2D eigenvalue weighted by Crippen LogP contribution is -2.22. The second kappa shape index (κ2) is 7.46. The van der Waals surface area contributed by atoms with Crippen molar-refractivity contribution in [1.82, 2.24) is 0 Å². The van der Waals surface area contributed by atoms with Crippen molar-refractivity contribution in [2.75, 3.05) is 7.11 Å². The highest BCUT2D eigenvalue weighted by atomic mass is 16.5. The first-order chi connectivity index (χ1) is 10.9. The predicted octanol–water partition coefficient (Wildman–Crippen LogP) is 2.34. The fraction of sp³-hybridized carbons (Fsp3) is 0.529. The molecule has 2 atom stereocenters. The normalized spacial score (nSPS) is 23.4. The zero-order chi connectivity index (χ0) is 17.0. The lowest BCUT2D eigenvalue weighted by Gasteiger charge is -2.20. The van der Waals surface area contributed by atoms with Crippen molar-refractivity contribution in [3.8, 4) is 11.5 Å². The Labute approximate surface area is 135 Å². The van der Waals surface area contributed by atoms with Crippen LogP contribution in [0.1, 0.15) is 48.5 Å². The lowest BCUT2D eigenvalue weighted by atomic mass is 9.96. The topological polar surface area (TPSA) is 93.1 Å². The molecule has 1 heterocycles. The Bertz CT molecular complexity index is 595. The molecule has 1 aromatic rings.